The van der Waals surface area contributed by atoms with E-state index < -0.39 is 11.8 Å². The average molecular weight is 479 g/mol. The summed E-state index contributed by atoms with van der Waals surface area (Å²) in [6.45, 7) is 5.41. The van der Waals surface area contributed by atoms with E-state index in [0.29, 0.717) is 28.1 Å². The van der Waals surface area contributed by atoms with Crippen LogP contribution in [-0.4, -0.2) is 62.8 Å². The molecular weight excluding hydrogens is 451 g/mol. The highest BCUT2D eigenvalue weighted by Gasteiger charge is 2.25. The minimum absolute atomic E-state index is 0.0378. The second-order valence-electron chi connectivity index (χ2n) is 8.79. The van der Waals surface area contributed by atoms with Crippen molar-refractivity contribution >= 4 is 22.5 Å². The van der Waals surface area contributed by atoms with Crippen molar-refractivity contribution < 1.29 is 18.7 Å². The lowest BCUT2D eigenvalue weighted by Gasteiger charge is -2.24. The molecule has 1 saturated heterocycles. The third-order valence-electron chi connectivity index (χ3n) is 6.33. The van der Waals surface area contributed by atoms with E-state index in [1.54, 1.807) is 12.1 Å². The summed E-state index contributed by atoms with van der Waals surface area (Å²) in [6.07, 6.45) is 3.04. The number of carbonyl (C=O) groups excluding carboxylic acids is 1. The number of rotatable bonds is 7. The molecule has 5 rings (SSSR count). The number of fused-ring (bicyclic) bond motifs is 2. The molecule has 0 aliphatic carbocycles. The molecule has 0 unspecified atom stereocenters. The van der Waals surface area contributed by atoms with E-state index in [2.05, 4.69) is 28.1 Å². The maximum atomic E-state index is 14.5. The summed E-state index contributed by atoms with van der Waals surface area (Å²) in [5.74, 6) is -0.292. The van der Waals surface area contributed by atoms with E-state index in [1.165, 1.54) is 19.1 Å². The number of likely N-dealkylation sites (tertiary alicyclic amines) is 1. The van der Waals surface area contributed by atoms with Gasteiger partial charge in [-0.15, -0.1) is 10.2 Å². The molecule has 0 amide bonds. The lowest BCUT2D eigenvalue weighted by atomic mass is 10.1. The van der Waals surface area contributed by atoms with Crippen molar-refractivity contribution in [2.24, 2.45) is 5.73 Å². The Morgan fingerprint density at radius 1 is 1.23 bits per heavy atom. The first-order valence-electron chi connectivity index (χ1n) is 11.6. The topological polar surface area (TPSA) is 108 Å². The number of esters is 1. The standard InChI is InChI=1S/C25H27FN6O3/c1-15(31-8-7-19(27)14-31)18-4-6-24-29-30-25(32(24)13-18)21-5-3-17-11-20(26)23(12-22(17)28-21)35-10-9-34-16(2)33/h3-6,11-13,15,19H,7-10,14,27H2,1-2H3/t15-,19-/m0/s1. The Bertz CT molecular complexity index is 1390. The summed E-state index contributed by atoms with van der Waals surface area (Å²) in [5.41, 5.74) is 9.11. The van der Waals surface area contributed by atoms with Crippen LogP contribution in [0, 0.1) is 5.82 Å². The van der Waals surface area contributed by atoms with Gasteiger partial charge in [-0.2, -0.15) is 0 Å². The van der Waals surface area contributed by atoms with Gasteiger partial charge < -0.3 is 15.2 Å². The minimum atomic E-state index is -0.511. The van der Waals surface area contributed by atoms with Crippen LogP contribution in [0.3, 0.4) is 0 Å². The third-order valence-corrected chi connectivity index (χ3v) is 6.33. The fourth-order valence-electron chi connectivity index (χ4n) is 4.40. The predicted molar refractivity (Wildman–Crippen MR) is 128 cm³/mol. The highest BCUT2D eigenvalue weighted by atomic mass is 19.1. The molecule has 1 aromatic carbocycles. The van der Waals surface area contributed by atoms with Crippen LogP contribution < -0.4 is 10.5 Å². The molecule has 0 saturated carbocycles. The van der Waals surface area contributed by atoms with Gasteiger partial charge in [-0.1, -0.05) is 12.1 Å². The molecule has 10 heteroatoms. The fourth-order valence-corrected chi connectivity index (χ4v) is 4.40. The molecule has 9 nitrogen and oxygen atoms in total. The Labute approximate surface area is 201 Å². The van der Waals surface area contributed by atoms with Gasteiger partial charge in [-0.05, 0) is 37.1 Å². The summed E-state index contributed by atoms with van der Waals surface area (Å²) in [5, 5.41) is 9.29. The Hall–Kier alpha value is -3.63. The van der Waals surface area contributed by atoms with Crippen molar-refractivity contribution in [1.29, 1.82) is 0 Å². The Morgan fingerprint density at radius 2 is 2.09 bits per heavy atom. The molecule has 0 bridgehead atoms. The maximum absolute atomic E-state index is 14.5. The molecule has 3 aromatic heterocycles. The van der Waals surface area contributed by atoms with Crippen molar-refractivity contribution in [2.75, 3.05) is 26.3 Å². The second kappa shape index (κ2) is 9.55. The smallest absolute Gasteiger partial charge is 0.302 e. The zero-order valence-corrected chi connectivity index (χ0v) is 19.6. The van der Waals surface area contributed by atoms with Crippen LogP contribution in [0.2, 0.25) is 0 Å². The summed E-state index contributed by atoms with van der Waals surface area (Å²) in [6, 6.07) is 10.9. The number of aromatic nitrogens is 4. The van der Waals surface area contributed by atoms with E-state index in [1.807, 2.05) is 16.7 Å². The largest absolute Gasteiger partial charge is 0.487 e. The van der Waals surface area contributed by atoms with Crippen molar-refractivity contribution in [3.8, 4) is 17.3 Å². The van der Waals surface area contributed by atoms with Crippen LogP contribution in [0.4, 0.5) is 4.39 Å². The van der Waals surface area contributed by atoms with E-state index in [9.17, 15) is 9.18 Å². The maximum Gasteiger partial charge on any atom is 0.302 e. The number of nitrogens with two attached hydrogens (primary N) is 1. The van der Waals surface area contributed by atoms with Crippen LogP contribution in [0.1, 0.15) is 31.9 Å². The molecule has 2 N–H and O–H groups in total. The van der Waals surface area contributed by atoms with Gasteiger partial charge >= 0.3 is 5.97 Å². The van der Waals surface area contributed by atoms with Crippen molar-refractivity contribution in [3.63, 3.8) is 0 Å². The number of pyridine rings is 2. The molecule has 0 spiro atoms. The third kappa shape index (κ3) is 4.80. The van der Waals surface area contributed by atoms with Crippen LogP contribution in [0.5, 0.6) is 5.75 Å². The number of hydrogen-bond acceptors (Lipinski definition) is 8. The Morgan fingerprint density at radius 3 is 2.86 bits per heavy atom. The molecule has 35 heavy (non-hydrogen) atoms. The molecule has 0 radical (unpaired) electrons. The van der Waals surface area contributed by atoms with Gasteiger partial charge in [-0.25, -0.2) is 9.37 Å². The lowest BCUT2D eigenvalue weighted by Crippen LogP contribution is -2.28. The Balaban J connectivity index is 1.44. The molecular formula is C25H27FN6O3. The number of halogens is 1. The first-order chi connectivity index (χ1) is 16.9. The molecule has 1 aliphatic rings. The van der Waals surface area contributed by atoms with Gasteiger partial charge in [0.05, 0.1) is 5.52 Å². The minimum Gasteiger partial charge on any atom is -0.487 e. The molecule has 182 valence electrons. The number of carbonyl (C=O) groups is 1. The van der Waals surface area contributed by atoms with Crippen LogP contribution >= 0.6 is 0 Å². The Kier molecular flexibility index (Phi) is 6.31. The lowest BCUT2D eigenvalue weighted by molar-refractivity contribution is -0.141. The second-order valence-corrected chi connectivity index (χ2v) is 8.79. The van der Waals surface area contributed by atoms with Gasteiger partial charge in [0.1, 0.15) is 18.9 Å². The molecule has 1 fully saturated rings. The number of nitrogens with zero attached hydrogens (tertiary/aromatic N) is 5. The van der Waals surface area contributed by atoms with Crippen molar-refractivity contribution in [3.05, 3.63) is 54.0 Å². The molecule has 2 atom stereocenters. The zero-order chi connectivity index (χ0) is 24.5. The number of benzene rings is 1. The van der Waals surface area contributed by atoms with Crippen LogP contribution in [0.15, 0.2) is 42.6 Å². The predicted octanol–water partition coefficient (Wildman–Crippen LogP) is 3.12. The van der Waals surface area contributed by atoms with Crippen LogP contribution in [-0.2, 0) is 9.53 Å². The highest BCUT2D eigenvalue weighted by Crippen LogP contribution is 2.28. The van der Waals surface area contributed by atoms with E-state index in [0.717, 1.165) is 25.1 Å². The number of ether oxygens (including phenoxy) is 2. The SMILES string of the molecule is CC(=O)OCCOc1cc2nc(-c3nnc4ccc([C@H](C)N5CC[C@H](N)C5)cn34)ccc2cc1F. The van der Waals surface area contributed by atoms with E-state index in [-0.39, 0.29) is 31.0 Å². The molecule has 4 aromatic rings. The normalized spacial score (nSPS) is 17.2. The quantitative estimate of drug-likeness (QED) is 0.319. The highest BCUT2D eigenvalue weighted by molar-refractivity contribution is 5.82. The monoisotopic (exact) mass is 478 g/mol. The van der Waals surface area contributed by atoms with Crippen LogP contribution in [0.25, 0.3) is 28.1 Å². The van der Waals surface area contributed by atoms with E-state index in [4.69, 9.17) is 20.2 Å². The average Bonchev–Trinajstić information content (AvgIpc) is 3.47. The molecule has 4 heterocycles. The fraction of sp³-hybridized carbons (Fsp3) is 0.360. The van der Waals surface area contributed by atoms with Gasteiger partial charge in [-0.3, -0.25) is 14.1 Å². The zero-order valence-electron chi connectivity index (χ0n) is 19.6. The van der Waals surface area contributed by atoms with Gasteiger partial charge in [0.25, 0.3) is 0 Å². The van der Waals surface area contributed by atoms with E-state index >= 15 is 0 Å². The van der Waals surface area contributed by atoms with Crippen molar-refractivity contribution in [1.82, 2.24) is 24.5 Å². The number of hydrogen-bond donors (Lipinski definition) is 1. The van der Waals surface area contributed by atoms with Crippen molar-refractivity contribution in [2.45, 2.75) is 32.4 Å². The first kappa shape index (κ1) is 23.1. The molecule has 1 aliphatic heterocycles. The summed E-state index contributed by atoms with van der Waals surface area (Å²) in [7, 11) is 0. The summed E-state index contributed by atoms with van der Waals surface area (Å²) >= 11 is 0. The summed E-state index contributed by atoms with van der Waals surface area (Å²) in [4.78, 5) is 18.0. The van der Waals surface area contributed by atoms with Gasteiger partial charge in [0.2, 0.25) is 0 Å². The van der Waals surface area contributed by atoms with Gasteiger partial charge in [0, 0.05) is 49.7 Å². The first-order valence-corrected chi connectivity index (χ1v) is 11.6. The summed E-state index contributed by atoms with van der Waals surface area (Å²) < 4.78 is 26.7. The van der Waals surface area contributed by atoms with Gasteiger partial charge in [0.15, 0.2) is 23.0 Å².